The first-order valence-electron chi connectivity index (χ1n) is 11.4. The smallest absolute Gasteiger partial charge is 0.335 e. The summed E-state index contributed by atoms with van der Waals surface area (Å²) in [6, 6.07) is 5.46. The van der Waals surface area contributed by atoms with Gasteiger partial charge < -0.3 is 39.9 Å². The van der Waals surface area contributed by atoms with Crippen LogP contribution < -0.4 is 4.74 Å². The van der Waals surface area contributed by atoms with E-state index in [1.807, 2.05) is 12.1 Å². The third-order valence-corrected chi connectivity index (χ3v) is 8.20. The molecule has 2 bridgehead atoms. The fraction of sp³-hybridized carbons (Fsp3) is 0.696. The van der Waals surface area contributed by atoms with Crippen LogP contribution in [0.1, 0.15) is 49.3 Å². The molecule has 1 aromatic carbocycles. The second-order valence-electron chi connectivity index (χ2n) is 9.78. The van der Waals surface area contributed by atoms with Crippen LogP contribution in [-0.4, -0.2) is 86.7 Å². The number of rotatable bonds is 3. The van der Waals surface area contributed by atoms with Crippen molar-refractivity contribution in [3.05, 3.63) is 29.3 Å². The first kappa shape index (κ1) is 22.1. The maximum absolute atomic E-state index is 11.4. The average Bonchev–Trinajstić information content (AvgIpc) is 2.78. The second kappa shape index (κ2) is 7.93. The average molecular weight is 450 g/mol. The fourth-order valence-electron chi connectivity index (χ4n) is 6.60. The predicted molar refractivity (Wildman–Crippen MR) is 111 cm³/mol. The monoisotopic (exact) mass is 449 g/mol. The van der Waals surface area contributed by atoms with Crippen LogP contribution in [0.5, 0.6) is 5.75 Å². The molecule has 9 nitrogen and oxygen atoms in total. The standard InChI is InChI=1S/C23H31NO8/c1-24-9-8-23-7-3-2-4-13(23)15(24)16(25)12-6-5-11(10-14(12)23)31-22-19(28)17(26)18(27)20(32-22)21(29)30/h5-6,10,13,15-20,22,25-28H,2-4,7-9H2,1H3,(H,29,30)/t13-,15-,16?,17+,18+,19-,20+,22-,23+/m1/s1. The number of aliphatic hydroxyl groups is 4. The minimum atomic E-state index is -1.76. The zero-order chi connectivity index (χ0) is 22.8. The van der Waals surface area contributed by atoms with Crippen molar-refractivity contribution in [2.75, 3.05) is 13.6 Å². The van der Waals surface area contributed by atoms with Gasteiger partial charge in [0.2, 0.25) is 6.29 Å². The molecule has 3 fully saturated rings. The van der Waals surface area contributed by atoms with Crippen LogP contribution in [0.25, 0.3) is 0 Å². The fourth-order valence-corrected chi connectivity index (χ4v) is 6.60. The molecule has 0 aromatic heterocycles. The number of benzene rings is 1. The van der Waals surface area contributed by atoms with E-state index in [2.05, 4.69) is 11.9 Å². The number of carbonyl (C=O) groups is 1. The highest BCUT2D eigenvalue weighted by Gasteiger charge is 2.56. The highest BCUT2D eigenvalue weighted by Crippen LogP contribution is 2.58. The highest BCUT2D eigenvalue weighted by atomic mass is 16.7. The van der Waals surface area contributed by atoms with Gasteiger partial charge in [-0.2, -0.15) is 0 Å². The van der Waals surface area contributed by atoms with Gasteiger partial charge in [0, 0.05) is 11.5 Å². The Balaban J connectivity index is 1.48. The number of likely N-dealkylation sites (tertiary alicyclic amines) is 1. The summed E-state index contributed by atoms with van der Waals surface area (Å²) >= 11 is 0. The first-order valence-corrected chi connectivity index (χ1v) is 11.4. The topological polar surface area (TPSA) is 140 Å². The van der Waals surface area contributed by atoms with E-state index in [-0.39, 0.29) is 11.5 Å². The van der Waals surface area contributed by atoms with E-state index in [0.29, 0.717) is 11.7 Å². The van der Waals surface area contributed by atoms with Crippen LogP contribution in [0.15, 0.2) is 18.2 Å². The highest BCUT2D eigenvalue weighted by molar-refractivity contribution is 5.73. The molecule has 1 aromatic rings. The lowest BCUT2D eigenvalue weighted by atomic mass is 9.52. The van der Waals surface area contributed by atoms with E-state index < -0.39 is 42.8 Å². The molecule has 176 valence electrons. The Kier molecular flexibility index (Phi) is 5.47. The van der Waals surface area contributed by atoms with Crippen LogP contribution >= 0.6 is 0 Å². The van der Waals surface area contributed by atoms with E-state index in [1.165, 1.54) is 0 Å². The molecule has 9 atom stereocenters. The molecule has 0 radical (unpaired) electrons. The van der Waals surface area contributed by atoms with Crippen LogP contribution in [0.4, 0.5) is 0 Å². The van der Waals surface area contributed by atoms with E-state index >= 15 is 0 Å². The summed E-state index contributed by atoms with van der Waals surface area (Å²) in [6.45, 7) is 0.900. The van der Waals surface area contributed by atoms with Crippen molar-refractivity contribution in [1.82, 2.24) is 4.90 Å². The summed E-state index contributed by atoms with van der Waals surface area (Å²) in [5.74, 6) is -0.742. The number of hydrogen-bond donors (Lipinski definition) is 5. The lowest BCUT2D eigenvalue weighted by molar-refractivity contribution is -0.271. The number of aliphatic hydroxyl groups excluding tert-OH is 4. The van der Waals surface area contributed by atoms with Crippen molar-refractivity contribution in [3.63, 3.8) is 0 Å². The van der Waals surface area contributed by atoms with Gasteiger partial charge in [0.1, 0.15) is 24.1 Å². The Morgan fingerprint density at radius 2 is 1.91 bits per heavy atom. The summed E-state index contributed by atoms with van der Waals surface area (Å²) in [4.78, 5) is 13.7. The first-order chi connectivity index (χ1) is 15.2. The minimum absolute atomic E-state index is 0.0469. The lowest BCUT2D eigenvalue weighted by Gasteiger charge is -2.59. The van der Waals surface area contributed by atoms with Gasteiger partial charge in [0.25, 0.3) is 0 Å². The largest absolute Gasteiger partial charge is 0.479 e. The van der Waals surface area contributed by atoms with Crippen molar-refractivity contribution in [2.24, 2.45) is 5.92 Å². The van der Waals surface area contributed by atoms with Gasteiger partial charge >= 0.3 is 5.97 Å². The molecule has 5 rings (SSSR count). The van der Waals surface area contributed by atoms with Gasteiger partial charge in [0.15, 0.2) is 6.10 Å². The molecule has 0 amide bonds. The maximum Gasteiger partial charge on any atom is 0.335 e. The zero-order valence-electron chi connectivity index (χ0n) is 18.0. The Morgan fingerprint density at radius 3 is 2.66 bits per heavy atom. The summed E-state index contributed by atoms with van der Waals surface area (Å²) in [5.41, 5.74) is 1.89. The Labute approximate surface area is 186 Å². The van der Waals surface area contributed by atoms with Gasteiger partial charge in [-0.3, -0.25) is 0 Å². The normalized spacial score (nSPS) is 43.8. The van der Waals surface area contributed by atoms with Gasteiger partial charge in [-0.25, -0.2) is 4.79 Å². The molecule has 1 unspecified atom stereocenters. The molecule has 9 heteroatoms. The number of likely N-dealkylation sites (N-methyl/N-ethyl adjacent to an activating group) is 1. The molecule has 2 heterocycles. The van der Waals surface area contributed by atoms with Crippen molar-refractivity contribution in [1.29, 1.82) is 0 Å². The van der Waals surface area contributed by atoms with Crippen molar-refractivity contribution < 1.29 is 39.8 Å². The van der Waals surface area contributed by atoms with E-state index in [1.54, 1.807) is 6.07 Å². The number of hydrogen-bond acceptors (Lipinski definition) is 8. The lowest BCUT2D eigenvalue weighted by Crippen LogP contribution is -2.61. The third-order valence-electron chi connectivity index (χ3n) is 8.20. The number of aliphatic carboxylic acids is 1. The maximum atomic E-state index is 11.4. The molecule has 4 aliphatic rings. The predicted octanol–water partition coefficient (Wildman–Crippen LogP) is 0.137. The molecule has 1 saturated carbocycles. The summed E-state index contributed by atoms with van der Waals surface area (Å²) in [7, 11) is 2.08. The summed E-state index contributed by atoms with van der Waals surface area (Å²) in [5, 5.41) is 50.8. The molecule has 2 aliphatic heterocycles. The van der Waals surface area contributed by atoms with Gasteiger partial charge in [-0.15, -0.1) is 0 Å². The van der Waals surface area contributed by atoms with E-state index in [0.717, 1.165) is 49.8 Å². The third kappa shape index (κ3) is 3.18. The number of nitrogens with zero attached hydrogens (tertiary/aromatic N) is 1. The van der Waals surface area contributed by atoms with Crippen molar-refractivity contribution in [2.45, 2.75) is 80.4 Å². The molecule has 32 heavy (non-hydrogen) atoms. The summed E-state index contributed by atoms with van der Waals surface area (Å²) < 4.78 is 11.1. The minimum Gasteiger partial charge on any atom is -0.479 e. The van der Waals surface area contributed by atoms with E-state index in [4.69, 9.17) is 9.47 Å². The molecule has 5 N–H and O–H groups in total. The van der Waals surface area contributed by atoms with Gasteiger partial charge in [-0.1, -0.05) is 18.9 Å². The number of fused-ring (bicyclic) bond motifs is 1. The molecule has 0 spiro atoms. The second-order valence-corrected chi connectivity index (χ2v) is 9.78. The van der Waals surface area contributed by atoms with Crippen LogP contribution in [0, 0.1) is 5.92 Å². The Hall–Kier alpha value is -1.75. The van der Waals surface area contributed by atoms with Crippen LogP contribution in [0.3, 0.4) is 0 Å². The van der Waals surface area contributed by atoms with E-state index in [9.17, 15) is 30.3 Å². The zero-order valence-corrected chi connectivity index (χ0v) is 18.0. The van der Waals surface area contributed by atoms with Crippen LogP contribution in [-0.2, 0) is 14.9 Å². The Morgan fingerprint density at radius 1 is 1.12 bits per heavy atom. The van der Waals surface area contributed by atoms with Crippen molar-refractivity contribution in [3.8, 4) is 5.75 Å². The van der Waals surface area contributed by atoms with Crippen LogP contribution in [0.2, 0.25) is 0 Å². The Bertz CT molecular complexity index is 895. The van der Waals surface area contributed by atoms with Gasteiger partial charge in [-0.05, 0) is 62.0 Å². The number of piperidine rings is 1. The number of carboxylic acids is 1. The van der Waals surface area contributed by atoms with Crippen molar-refractivity contribution >= 4 is 5.97 Å². The van der Waals surface area contributed by atoms with Gasteiger partial charge in [0.05, 0.1) is 6.10 Å². The quantitative estimate of drug-likeness (QED) is 0.436. The number of carboxylic acid groups (broad SMARTS) is 1. The molecular formula is C23H31NO8. The number of ether oxygens (including phenoxy) is 2. The summed E-state index contributed by atoms with van der Waals surface area (Å²) in [6.07, 6.45) is -3.51. The SMILES string of the molecule is CN1CC[C@@]23CCCC[C@@H]2[C@@H]1C(O)c1ccc(O[C@@H]2O[C@H](C(=O)O)[C@@H](O)[C@H](O)[C@H]2O)cc13. The molecule has 2 saturated heterocycles. The molecule has 2 aliphatic carbocycles. The molecular weight excluding hydrogens is 418 g/mol.